The summed E-state index contributed by atoms with van der Waals surface area (Å²) in [6, 6.07) is 26.0. The Morgan fingerprint density at radius 3 is 2.30 bits per heavy atom. The van der Waals surface area contributed by atoms with E-state index in [0.29, 0.717) is 36.3 Å². The summed E-state index contributed by atoms with van der Waals surface area (Å²) in [5, 5.41) is 18.0. The maximum Gasteiger partial charge on any atom is 0.293 e. The van der Waals surface area contributed by atoms with Gasteiger partial charge in [0.25, 0.3) is 11.7 Å². The molecule has 0 bridgehead atoms. The molecule has 2 aliphatic heterocycles. The molecule has 5 heterocycles. The number of rotatable bonds is 9. The van der Waals surface area contributed by atoms with Crippen molar-refractivity contribution in [1.29, 1.82) is 0 Å². The predicted octanol–water partition coefficient (Wildman–Crippen LogP) is 7.36. The van der Waals surface area contributed by atoms with E-state index in [1.807, 2.05) is 52.9 Å². The number of pyridine rings is 1. The summed E-state index contributed by atoms with van der Waals surface area (Å²) in [6.07, 6.45) is 5.19. The van der Waals surface area contributed by atoms with Crippen molar-refractivity contribution >= 4 is 34.4 Å². The van der Waals surface area contributed by atoms with Crippen LogP contribution in [0.3, 0.4) is 0 Å². The van der Waals surface area contributed by atoms with Crippen molar-refractivity contribution < 1.29 is 18.9 Å². The lowest BCUT2D eigenvalue weighted by atomic mass is 9.74. The van der Waals surface area contributed by atoms with Crippen LogP contribution in [0, 0.1) is 6.92 Å². The number of benzene rings is 3. The number of carbonyl (C=O) groups is 3. The van der Waals surface area contributed by atoms with Crippen LogP contribution >= 0.6 is 0 Å². The Labute approximate surface area is 349 Å². The van der Waals surface area contributed by atoms with E-state index in [1.165, 1.54) is 11.3 Å². The Bertz CT molecular complexity index is 2560. The topological polar surface area (TPSA) is 162 Å². The third-order valence-electron chi connectivity index (χ3n) is 12.6. The molecular formula is C47H51N9O4. The molecule has 0 unspecified atom stereocenters. The van der Waals surface area contributed by atoms with Crippen molar-refractivity contribution in [2.75, 3.05) is 31.1 Å². The van der Waals surface area contributed by atoms with Crippen LogP contribution in [0.5, 0.6) is 0 Å². The molecule has 3 amide bonds. The lowest BCUT2D eigenvalue weighted by molar-refractivity contribution is -0.134. The monoisotopic (exact) mass is 805 g/mol. The highest BCUT2D eigenvalue weighted by Crippen LogP contribution is 2.41. The lowest BCUT2D eigenvalue weighted by Crippen LogP contribution is -2.53. The highest BCUT2D eigenvalue weighted by atomic mass is 16.5. The van der Waals surface area contributed by atoms with Crippen LogP contribution in [0.4, 0.5) is 5.69 Å². The molecule has 3 fully saturated rings. The number of piperazine rings is 1. The van der Waals surface area contributed by atoms with E-state index in [4.69, 9.17) is 9.51 Å². The Morgan fingerprint density at radius 1 is 0.900 bits per heavy atom. The summed E-state index contributed by atoms with van der Waals surface area (Å²) < 4.78 is 5.31. The van der Waals surface area contributed by atoms with Gasteiger partial charge in [0.2, 0.25) is 17.7 Å². The van der Waals surface area contributed by atoms with Crippen molar-refractivity contribution in [3.8, 4) is 22.4 Å². The van der Waals surface area contributed by atoms with Gasteiger partial charge in [-0.05, 0) is 91.1 Å². The summed E-state index contributed by atoms with van der Waals surface area (Å²) >= 11 is 0. The van der Waals surface area contributed by atoms with Gasteiger partial charge in [-0.25, -0.2) is 4.98 Å². The zero-order valence-corrected chi connectivity index (χ0v) is 34.8. The van der Waals surface area contributed by atoms with E-state index in [2.05, 4.69) is 101 Å². The molecule has 1 saturated carbocycles. The third kappa shape index (κ3) is 7.81. The number of nitrogens with zero attached hydrogens (tertiary/aromatic N) is 6. The molecule has 308 valence electrons. The molecule has 6 aromatic rings. The van der Waals surface area contributed by atoms with E-state index in [0.717, 1.165) is 83.5 Å². The lowest BCUT2D eigenvalue weighted by Gasteiger charge is -2.47. The second-order valence-electron chi connectivity index (χ2n) is 17.7. The highest BCUT2D eigenvalue weighted by Gasteiger charge is 2.36. The van der Waals surface area contributed by atoms with Gasteiger partial charge in [-0.15, -0.1) is 0 Å². The predicted molar refractivity (Wildman–Crippen MR) is 229 cm³/mol. The second kappa shape index (κ2) is 15.8. The van der Waals surface area contributed by atoms with Gasteiger partial charge in [0.1, 0.15) is 0 Å². The van der Waals surface area contributed by atoms with Gasteiger partial charge >= 0.3 is 0 Å². The van der Waals surface area contributed by atoms with Crippen LogP contribution in [0.25, 0.3) is 33.4 Å². The number of hydrogen-bond donors (Lipinski definition) is 3. The van der Waals surface area contributed by atoms with Gasteiger partial charge in [0, 0.05) is 72.5 Å². The number of aromatic amines is 1. The summed E-state index contributed by atoms with van der Waals surface area (Å²) in [5.41, 5.74) is 9.88. The van der Waals surface area contributed by atoms with Crippen molar-refractivity contribution in [2.24, 2.45) is 0 Å². The van der Waals surface area contributed by atoms with Crippen LogP contribution in [0.2, 0.25) is 0 Å². The van der Waals surface area contributed by atoms with Gasteiger partial charge < -0.3 is 14.7 Å². The summed E-state index contributed by atoms with van der Waals surface area (Å²) in [5.74, 6) is 0.0266. The average molecular weight is 806 g/mol. The third-order valence-corrected chi connectivity index (χ3v) is 12.6. The number of H-pyrrole nitrogens is 1. The maximum absolute atomic E-state index is 12.9. The molecule has 3 aliphatic rings. The number of anilines is 1. The van der Waals surface area contributed by atoms with Crippen LogP contribution in [0.15, 0.2) is 83.5 Å². The number of aryl methyl sites for hydroxylation is 1. The average Bonchev–Trinajstić information content (AvgIpc) is 3.90. The smallest absolute Gasteiger partial charge is 0.293 e. The normalized spacial score (nSPS) is 20.5. The summed E-state index contributed by atoms with van der Waals surface area (Å²) in [4.78, 5) is 50.9. The van der Waals surface area contributed by atoms with Gasteiger partial charge in [-0.1, -0.05) is 74.5 Å². The SMILES string of the molecule is Cc1cc(-c2[nH]nc3ncc(-c4ccc(N5CCN(C6CC(c7ccc([C@H]8CCC(=O)NC8=O)cc7)C6)CC5)cc4)cc23)ccc1[C@@H](C)NC(=O)c1noc(C(C)(C)C)n1. The molecule has 3 N–H and O–H groups in total. The number of piperidine rings is 1. The van der Waals surface area contributed by atoms with Crippen molar-refractivity contribution in [3.05, 3.63) is 113 Å². The zero-order chi connectivity index (χ0) is 41.7. The van der Waals surface area contributed by atoms with E-state index in [9.17, 15) is 14.4 Å². The van der Waals surface area contributed by atoms with Crippen molar-refractivity contribution in [1.82, 2.24) is 40.9 Å². The van der Waals surface area contributed by atoms with E-state index in [-0.39, 0.29) is 40.9 Å². The molecule has 1 aliphatic carbocycles. The number of imide groups is 1. The molecule has 9 rings (SSSR count). The molecule has 13 heteroatoms. The fourth-order valence-electron chi connectivity index (χ4n) is 8.93. The van der Waals surface area contributed by atoms with Gasteiger partial charge in [0.05, 0.1) is 17.7 Å². The number of fused-ring (bicyclic) bond motifs is 1. The number of carbonyl (C=O) groups excluding carboxylic acids is 3. The first-order valence-corrected chi connectivity index (χ1v) is 21.0. The Hall–Kier alpha value is -6.21. The van der Waals surface area contributed by atoms with Crippen LogP contribution in [-0.2, 0) is 15.0 Å². The molecule has 0 radical (unpaired) electrons. The molecule has 0 spiro atoms. The Balaban J connectivity index is 0.794. The molecule has 2 saturated heterocycles. The molecule has 13 nitrogen and oxygen atoms in total. The minimum atomic E-state index is -0.382. The number of amides is 3. The molecule has 2 atom stereocenters. The van der Waals surface area contributed by atoms with E-state index in [1.54, 1.807) is 0 Å². The van der Waals surface area contributed by atoms with Crippen molar-refractivity contribution in [3.63, 3.8) is 0 Å². The van der Waals surface area contributed by atoms with Crippen molar-refractivity contribution in [2.45, 2.75) is 89.6 Å². The van der Waals surface area contributed by atoms with Gasteiger partial charge in [-0.2, -0.15) is 10.1 Å². The minimum Gasteiger partial charge on any atom is -0.369 e. The van der Waals surface area contributed by atoms with E-state index >= 15 is 0 Å². The first-order valence-electron chi connectivity index (χ1n) is 21.0. The number of hydrogen-bond acceptors (Lipinski definition) is 10. The first-order chi connectivity index (χ1) is 28.9. The molecule has 60 heavy (non-hydrogen) atoms. The first kappa shape index (κ1) is 39.3. The van der Waals surface area contributed by atoms with Crippen LogP contribution in [0.1, 0.15) is 110 Å². The maximum atomic E-state index is 12.9. The summed E-state index contributed by atoms with van der Waals surface area (Å²) in [7, 11) is 0. The number of aromatic nitrogens is 5. The Kier molecular flexibility index (Phi) is 10.3. The van der Waals surface area contributed by atoms with Gasteiger partial charge in [-0.3, -0.25) is 29.7 Å². The van der Waals surface area contributed by atoms with Crippen LogP contribution in [-0.4, -0.2) is 80.2 Å². The largest absolute Gasteiger partial charge is 0.369 e. The van der Waals surface area contributed by atoms with Gasteiger partial charge in [0.15, 0.2) is 5.65 Å². The Morgan fingerprint density at radius 2 is 1.62 bits per heavy atom. The number of nitrogens with one attached hydrogen (secondary N) is 3. The molecule has 3 aromatic carbocycles. The molecular weight excluding hydrogens is 755 g/mol. The minimum absolute atomic E-state index is 0.0240. The second-order valence-corrected chi connectivity index (χ2v) is 17.7. The van der Waals surface area contributed by atoms with Crippen LogP contribution < -0.4 is 15.5 Å². The molecule has 3 aromatic heterocycles. The quantitative estimate of drug-likeness (QED) is 0.126. The standard InChI is InChI=1S/C47H51N9O4/c1-27-22-32(12-15-37(27)28(2)49-45(59)43-51-46(60-54-43)47(3,4)5)41-39-25-34(26-48-42(39)53-52-41)30-10-13-35(14-11-30)55-18-20-56(21-19-55)36-23-33(24-36)29-6-8-31(9-7-29)38-16-17-40(57)50-44(38)58/h6-15,22,25-26,28,33,36,38H,16-21,23-24H2,1-5H3,(H,49,59)(H,48,52,53)(H,50,57,58)/t28-,33?,36?,38-/m1/s1. The highest BCUT2D eigenvalue weighted by molar-refractivity contribution is 6.01. The fourth-order valence-corrected chi connectivity index (χ4v) is 8.93. The summed E-state index contributed by atoms with van der Waals surface area (Å²) in [6.45, 7) is 13.9. The zero-order valence-electron chi connectivity index (χ0n) is 34.8. The fraction of sp³-hybridized carbons (Fsp3) is 0.383. The van der Waals surface area contributed by atoms with E-state index < -0.39 is 0 Å².